The van der Waals surface area contributed by atoms with Crippen LogP contribution >= 0.6 is 0 Å². The van der Waals surface area contributed by atoms with E-state index in [1.54, 1.807) is 0 Å². The fraction of sp³-hybridized carbons (Fsp3) is 1.00. The molecule has 1 aliphatic rings. The van der Waals surface area contributed by atoms with Crippen molar-refractivity contribution in [2.24, 2.45) is 0 Å². The van der Waals surface area contributed by atoms with Crippen LogP contribution in [0.25, 0.3) is 0 Å². The lowest BCUT2D eigenvalue weighted by molar-refractivity contribution is -0.149. The van der Waals surface area contributed by atoms with Crippen LogP contribution < -0.4 is 5.32 Å². The molecule has 0 aromatic carbocycles. The van der Waals surface area contributed by atoms with E-state index in [9.17, 15) is 13.2 Å². The molecule has 0 spiro atoms. The van der Waals surface area contributed by atoms with E-state index in [1.807, 2.05) is 0 Å². The summed E-state index contributed by atoms with van der Waals surface area (Å²) in [4.78, 5) is 3.82. The van der Waals surface area contributed by atoms with Gasteiger partial charge in [-0.05, 0) is 19.4 Å². The highest BCUT2D eigenvalue weighted by atomic mass is 19.4. The van der Waals surface area contributed by atoms with Crippen molar-refractivity contribution in [3.8, 4) is 0 Å². The van der Waals surface area contributed by atoms with Crippen LogP contribution in [0.2, 0.25) is 0 Å². The van der Waals surface area contributed by atoms with E-state index in [4.69, 9.17) is 0 Å². The molecule has 1 aliphatic heterocycles. The molecule has 3 nitrogen and oxygen atoms in total. The van der Waals surface area contributed by atoms with Crippen molar-refractivity contribution in [3.63, 3.8) is 0 Å². The Bertz CT molecular complexity index is 238. The Morgan fingerprint density at radius 1 is 1.11 bits per heavy atom. The Balaban J connectivity index is 2.30. The molecule has 0 radical (unpaired) electrons. The Morgan fingerprint density at radius 3 is 2.21 bits per heavy atom. The van der Waals surface area contributed by atoms with Crippen molar-refractivity contribution in [3.05, 3.63) is 0 Å². The smallest absolute Gasteiger partial charge is 0.315 e. The van der Waals surface area contributed by atoms with Gasteiger partial charge in [-0.25, -0.2) is 0 Å². The zero-order chi connectivity index (χ0) is 14.3. The van der Waals surface area contributed by atoms with Gasteiger partial charge in [0.2, 0.25) is 0 Å². The van der Waals surface area contributed by atoms with Crippen molar-refractivity contribution >= 4 is 0 Å². The Kier molecular flexibility index (Phi) is 7.10. The molecule has 1 heterocycles. The molecule has 0 aromatic rings. The highest BCUT2D eigenvalue weighted by Crippen LogP contribution is 2.18. The third-order valence-electron chi connectivity index (χ3n) is 3.60. The average Bonchev–Trinajstić information content (AvgIpc) is 2.34. The second kappa shape index (κ2) is 8.07. The summed E-state index contributed by atoms with van der Waals surface area (Å²) in [6.45, 7) is 7.95. The van der Waals surface area contributed by atoms with E-state index in [-0.39, 0.29) is 0 Å². The molecule has 0 bridgehead atoms. The van der Waals surface area contributed by atoms with Crippen LogP contribution in [0.3, 0.4) is 0 Å². The third-order valence-corrected chi connectivity index (χ3v) is 3.60. The van der Waals surface area contributed by atoms with Crippen molar-refractivity contribution in [1.82, 2.24) is 15.1 Å². The lowest BCUT2D eigenvalue weighted by atomic mass is 10.1. The Hall–Kier alpha value is -0.330. The number of piperazine rings is 1. The summed E-state index contributed by atoms with van der Waals surface area (Å²) in [6, 6.07) is 0.444. The van der Waals surface area contributed by atoms with Gasteiger partial charge < -0.3 is 5.32 Å². The zero-order valence-corrected chi connectivity index (χ0v) is 12.0. The molecule has 0 aliphatic carbocycles. The normalized spacial score (nSPS) is 20.7. The largest absolute Gasteiger partial charge is 0.401 e. The van der Waals surface area contributed by atoms with Crippen molar-refractivity contribution in [2.45, 2.75) is 38.9 Å². The predicted octanol–water partition coefficient (Wildman–Crippen LogP) is 1.94. The number of hydrogen-bond donors (Lipinski definition) is 1. The first-order chi connectivity index (χ1) is 8.96. The van der Waals surface area contributed by atoms with Gasteiger partial charge in [-0.15, -0.1) is 0 Å². The van der Waals surface area contributed by atoms with Gasteiger partial charge in [0.1, 0.15) is 0 Å². The molecule has 1 rings (SSSR count). The van der Waals surface area contributed by atoms with E-state index in [1.165, 1.54) is 4.90 Å². The number of rotatable bonds is 7. The number of nitrogens with zero attached hydrogens (tertiary/aromatic N) is 2. The van der Waals surface area contributed by atoms with Crippen LogP contribution in [0.1, 0.15) is 26.7 Å². The van der Waals surface area contributed by atoms with Crippen LogP contribution in [-0.4, -0.2) is 67.8 Å². The summed E-state index contributed by atoms with van der Waals surface area (Å²) in [5.41, 5.74) is 0. The summed E-state index contributed by atoms with van der Waals surface area (Å²) in [6.07, 6.45) is -1.93. The summed E-state index contributed by atoms with van der Waals surface area (Å²) in [5.74, 6) is 0. The molecule has 0 saturated carbocycles. The van der Waals surface area contributed by atoms with E-state index in [2.05, 4.69) is 24.1 Å². The molecule has 1 unspecified atom stereocenters. The second-order valence-corrected chi connectivity index (χ2v) is 5.19. The molecule has 6 heteroatoms. The number of alkyl halides is 3. The SMILES string of the molecule is CCCNCC(CC)N1CCN(CC(F)(F)F)CC1. The Labute approximate surface area is 114 Å². The molecule has 0 amide bonds. The van der Waals surface area contributed by atoms with Crippen LogP contribution in [0.4, 0.5) is 13.2 Å². The third kappa shape index (κ3) is 6.58. The number of hydrogen-bond acceptors (Lipinski definition) is 3. The van der Waals surface area contributed by atoms with Gasteiger partial charge >= 0.3 is 6.18 Å². The van der Waals surface area contributed by atoms with Crippen LogP contribution in [0.5, 0.6) is 0 Å². The van der Waals surface area contributed by atoms with Gasteiger partial charge in [0.25, 0.3) is 0 Å². The molecule has 1 N–H and O–H groups in total. The number of nitrogens with one attached hydrogen (secondary N) is 1. The van der Waals surface area contributed by atoms with E-state index < -0.39 is 12.7 Å². The fourth-order valence-electron chi connectivity index (χ4n) is 2.52. The van der Waals surface area contributed by atoms with E-state index >= 15 is 0 Å². The van der Waals surface area contributed by atoms with Gasteiger partial charge in [-0.2, -0.15) is 13.2 Å². The van der Waals surface area contributed by atoms with E-state index in [0.29, 0.717) is 19.1 Å². The first-order valence-corrected chi connectivity index (χ1v) is 7.20. The summed E-state index contributed by atoms with van der Waals surface area (Å²) in [5, 5.41) is 3.40. The summed E-state index contributed by atoms with van der Waals surface area (Å²) < 4.78 is 36.9. The van der Waals surface area contributed by atoms with Crippen LogP contribution in [-0.2, 0) is 0 Å². The number of halogens is 3. The van der Waals surface area contributed by atoms with Crippen molar-refractivity contribution in [1.29, 1.82) is 0 Å². The fourth-order valence-corrected chi connectivity index (χ4v) is 2.52. The standard InChI is InChI=1S/C13H26F3N3/c1-3-5-17-10-12(4-2)19-8-6-18(7-9-19)11-13(14,15)16/h12,17H,3-11H2,1-2H3. The molecule has 0 aromatic heterocycles. The summed E-state index contributed by atoms with van der Waals surface area (Å²) >= 11 is 0. The molecule has 1 saturated heterocycles. The van der Waals surface area contributed by atoms with Gasteiger partial charge in [0, 0.05) is 38.8 Å². The Morgan fingerprint density at radius 2 is 1.74 bits per heavy atom. The highest BCUT2D eigenvalue weighted by Gasteiger charge is 2.32. The van der Waals surface area contributed by atoms with E-state index in [0.717, 1.165) is 39.0 Å². The maximum atomic E-state index is 12.3. The lowest BCUT2D eigenvalue weighted by Gasteiger charge is -2.39. The highest BCUT2D eigenvalue weighted by molar-refractivity contribution is 4.80. The van der Waals surface area contributed by atoms with Gasteiger partial charge in [0.15, 0.2) is 0 Å². The maximum absolute atomic E-state index is 12.3. The van der Waals surface area contributed by atoms with Crippen LogP contribution in [0.15, 0.2) is 0 Å². The molecule has 114 valence electrons. The molecule has 1 atom stereocenters. The lowest BCUT2D eigenvalue weighted by Crippen LogP contribution is -2.54. The maximum Gasteiger partial charge on any atom is 0.401 e. The second-order valence-electron chi connectivity index (χ2n) is 5.19. The summed E-state index contributed by atoms with van der Waals surface area (Å²) in [7, 11) is 0. The van der Waals surface area contributed by atoms with Crippen LogP contribution in [0, 0.1) is 0 Å². The molecule has 19 heavy (non-hydrogen) atoms. The first-order valence-electron chi connectivity index (χ1n) is 7.20. The van der Waals surface area contributed by atoms with Gasteiger partial charge in [-0.3, -0.25) is 9.80 Å². The quantitative estimate of drug-likeness (QED) is 0.720. The minimum atomic E-state index is -4.07. The van der Waals surface area contributed by atoms with Crippen molar-refractivity contribution < 1.29 is 13.2 Å². The predicted molar refractivity (Wildman–Crippen MR) is 71.3 cm³/mol. The first kappa shape index (κ1) is 16.7. The monoisotopic (exact) mass is 281 g/mol. The zero-order valence-electron chi connectivity index (χ0n) is 12.0. The van der Waals surface area contributed by atoms with Gasteiger partial charge in [-0.1, -0.05) is 13.8 Å². The topological polar surface area (TPSA) is 18.5 Å². The minimum Gasteiger partial charge on any atom is -0.315 e. The van der Waals surface area contributed by atoms with Crippen molar-refractivity contribution in [2.75, 3.05) is 45.8 Å². The van der Waals surface area contributed by atoms with Gasteiger partial charge in [0.05, 0.1) is 6.54 Å². The molecular formula is C13H26F3N3. The minimum absolute atomic E-state index is 0.444. The molecule has 1 fully saturated rings. The molecular weight excluding hydrogens is 255 g/mol. The average molecular weight is 281 g/mol.